The van der Waals surface area contributed by atoms with Gasteiger partial charge in [0.15, 0.2) is 0 Å². The van der Waals surface area contributed by atoms with E-state index in [1.54, 1.807) is 0 Å². The summed E-state index contributed by atoms with van der Waals surface area (Å²) >= 11 is 0. The van der Waals surface area contributed by atoms with E-state index in [2.05, 4.69) is 4.74 Å². The number of hydrogen-bond acceptors (Lipinski definition) is 6. The zero-order valence-corrected chi connectivity index (χ0v) is 11.7. The molecule has 1 aromatic carbocycles. The number of benzene rings is 1. The van der Waals surface area contributed by atoms with Crippen molar-refractivity contribution in [2.24, 2.45) is 11.1 Å². The molecule has 6 nitrogen and oxygen atoms in total. The Hall–Kier alpha value is -1.66. The van der Waals surface area contributed by atoms with Gasteiger partial charge in [0.1, 0.15) is 17.2 Å². The SMILES string of the molecule is COC(=O)C(C)(C)[C@@H](N)c1c(O)cc(O)cc1O.Cl. The molecule has 1 atom stereocenters. The van der Waals surface area contributed by atoms with Gasteiger partial charge in [-0.05, 0) is 13.8 Å². The standard InChI is InChI=1S/C12H17NO5.ClH/c1-12(2,11(17)18-3)10(13)9-7(15)4-6(14)5-8(9)16;/h4-5,10,14-16H,13H2,1-3H3;1H/t10-;/m0./s1. The topological polar surface area (TPSA) is 113 Å². The molecule has 1 rings (SSSR count). The lowest BCUT2D eigenvalue weighted by molar-refractivity contribution is -0.152. The molecule has 7 heteroatoms. The van der Waals surface area contributed by atoms with Gasteiger partial charge in [0.25, 0.3) is 0 Å². The van der Waals surface area contributed by atoms with Crippen LogP contribution in [0.1, 0.15) is 25.5 Å². The van der Waals surface area contributed by atoms with Gasteiger partial charge >= 0.3 is 5.97 Å². The van der Waals surface area contributed by atoms with Crippen molar-refractivity contribution >= 4 is 18.4 Å². The number of phenolic OH excluding ortho intramolecular Hbond substituents is 3. The summed E-state index contributed by atoms with van der Waals surface area (Å²) in [5.74, 6) is -1.62. The molecule has 0 aliphatic carbocycles. The molecule has 1 aromatic rings. The number of halogens is 1. The van der Waals surface area contributed by atoms with Crippen molar-refractivity contribution in [2.45, 2.75) is 19.9 Å². The average molecular weight is 292 g/mol. The molecule has 0 bridgehead atoms. The van der Waals surface area contributed by atoms with Gasteiger partial charge in [0.2, 0.25) is 0 Å². The third-order valence-corrected chi connectivity index (χ3v) is 2.92. The molecule has 5 N–H and O–H groups in total. The predicted octanol–water partition coefficient (Wildman–Crippen LogP) is 1.42. The van der Waals surface area contributed by atoms with Crippen LogP contribution in [0.4, 0.5) is 0 Å². The van der Waals surface area contributed by atoms with E-state index >= 15 is 0 Å². The molecule has 0 saturated heterocycles. The van der Waals surface area contributed by atoms with Crippen molar-refractivity contribution in [2.75, 3.05) is 7.11 Å². The van der Waals surface area contributed by atoms with Crippen molar-refractivity contribution < 1.29 is 24.9 Å². The Bertz CT molecular complexity index is 452. The number of phenols is 3. The van der Waals surface area contributed by atoms with Crippen LogP contribution < -0.4 is 5.73 Å². The van der Waals surface area contributed by atoms with Crippen molar-refractivity contribution in [1.82, 2.24) is 0 Å². The molecular formula is C12H18ClNO5. The number of hydrogen-bond donors (Lipinski definition) is 4. The molecule has 19 heavy (non-hydrogen) atoms. The van der Waals surface area contributed by atoms with Crippen LogP contribution in [0.25, 0.3) is 0 Å². The molecule has 0 fully saturated rings. The van der Waals surface area contributed by atoms with Gasteiger partial charge in [-0.1, -0.05) is 0 Å². The van der Waals surface area contributed by atoms with Crippen LogP contribution in [0.15, 0.2) is 12.1 Å². The molecule has 108 valence electrons. The van der Waals surface area contributed by atoms with Crippen molar-refractivity contribution in [1.29, 1.82) is 0 Å². The molecule has 0 saturated carbocycles. The number of rotatable bonds is 3. The Balaban J connectivity index is 0.00000324. The number of carbonyl (C=O) groups excluding carboxylic acids is 1. The van der Waals surface area contributed by atoms with Gasteiger partial charge in [-0.25, -0.2) is 0 Å². The lowest BCUT2D eigenvalue weighted by atomic mass is 9.80. The number of methoxy groups -OCH3 is 1. The Kier molecular flexibility index (Phi) is 5.46. The summed E-state index contributed by atoms with van der Waals surface area (Å²) in [7, 11) is 1.23. The number of esters is 1. The summed E-state index contributed by atoms with van der Waals surface area (Å²) in [5.41, 5.74) is 4.75. The Morgan fingerprint density at radius 1 is 1.26 bits per heavy atom. The van der Waals surface area contributed by atoms with Crippen molar-refractivity contribution in [3.05, 3.63) is 17.7 Å². The normalized spacial score (nSPS) is 12.4. The first-order chi connectivity index (χ1) is 8.21. The van der Waals surface area contributed by atoms with Gasteiger partial charge in [-0.2, -0.15) is 0 Å². The fourth-order valence-corrected chi connectivity index (χ4v) is 1.68. The van der Waals surface area contributed by atoms with E-state index in [-0.39, 0.29) is 35.2 Å². The Morgan fingerprint density at radius 2 is 1.68 bits per heavy atom. The highest BCUT2D eigenvalue weighted by Gasteiger charge is 2.39. The highest BCUT2D eigenvalue weighted by molar-refractivity contribution is 5.85. The van der Waals surface area contributed by atoms with E-state index in [0.29, 0.717) is 0 Å². The smallest absolute Gasteiger partial charge is 0.313 e. The monoisotopic (exact) mass is 291 g/mol. The second-order valence-corrected chi connectivity index (χ2v) is 4.59. The zero-order chi connectivity index (χ0) is 14.1. The minimum atomic E-state index is -1.14. The lowest BCUT2D eigenvalue weighted by Crippen LogP contribution is -2.37. The largest absolute Gasteiger partial charge is 0.508 e. The molecule has 0 amide bonds. The van der Waals surface area contributed by atoms with Crippen LogP contribution in [0.3, 0.4) is 0 Å². The maximum absolute atomic E-state index is 11.6. The third kappa shape index (κ3) is 3.21. The quantitative estimate of drug-likeness (QED) is 0.627. The van der Waals surface area contributed by atoms with Gasteiger partial charge in [0, 0.05) is 12.1 Å². The van der Waals surface area contributed by atoms with Gasteiger partial charge in [-0.15, -0.1) is 12.4 Å². The van der Waals surface area contributed by atoms with Crippen LogP contribution in [0.2, 0.25) is 0 Å². The van der Waals surface area contributed by atoms with Crippen molar-refractivity contribution in [3.8, 4) is 17.2 Å². The van der Waals surface area contributed by atoms with Gasteiger partial charge in [-0.3, -0.25) is 4.79 Å². The fraction of sp³-hybridized carbons (Fsp3) is 0.417. The molecule has 0 heterocycles. The van der Waals surface area contributed by atoms with Crippen LogP contribution in [0, 0.1) is 5.41 Å². The molecule has 0 aliphatic heterocycles. The summed E-state index contributed by atoms with van der Waals surface area (Å²) in [4.78, 5) is 11.6. The lowest BCUT2D eigenvalue weighted by Gasteiger charge is -2.29. The van der Waals surface area contributed by atoms with Crippen LogP contribution >= 0.6 is 12.4 Å². The number of carbonyl (C=O) groups is 1. The minimum absolute atomic E-state index is 0. The Labute approximate surface area is 117 Å². The highest BCUT2D eigenvalue weighted by atomic mass is 35.5. The fourth-order valence-electron chi connectivity index (χ4n) is 1.68. The molecule has 0 radical (unpaired) electrons. The van der Waals surface area contributed by atoms with E-state index in [1.807, 2.05) is 0 Å². The summed E-state index contributed by atoms with van der Waals surface area (Å²) in [6.45, 7) is 3.07. The first kappa shape index (κ1) is 17.3. The molecule has 0 spiro atoms. The van der Waals surface area contributed by atoms with Gasteiger partial charge in [0.05, 0.1) is 24.1 Å². The predicted molar refractivity (Wildman–Crippen MR) is 71.4 cm³/mol. The summed E-state index contributed by atoms with van der Waals surface area (Å²) in [6, 6.07) is 1.11. The number of aromatic hydroxyl groups is 3. The Morgan fingerprint density at radius 3 is 2.05 bits per heavy atom. The second-order valence-electron chi connectivity index (χ2n) is 4.59. The summed E-state index contributed by atoms with van der Waals surface area (Å²) < 4.78 is 4.63. The van der Waals surface area contributed by atoms with Crippen LogP contribution in [-0.4, -0.2) is 28.4 Å². The van der Waals surface area contributed by atoms with E-state index in [1.165, 1.54) is 21.0 Å². The zero-order valence-electron chi connectivity index (χ0n) is 10.9. The van der Waals surface area contributed by atoms with Crippen LogP contribution in [-0.2, 0) is 9.53 Å². The highest BCUT2D eigenvalue weighted by Crippen LogP contribution is 2.42. The van der Waals surface area contributed by atoms with E-state index in [9.17, 15) is 20.1 Å². The maximum Gasteiger partial charge on any atom is 0.313 e. The van der Waals surface area contributed by atoms with Crippen LogP contribution in [0.5, 0.6) is 17.2 Å². The van der Waals surface area contributed by atoms with Gasteiger partial charge < -0.3 is 25.8 Å². The second kappa shape index (κ2) is 5.99. The first-order valence-corrected chi connectivity index (χ1v) is 5.30. The van der Waals surface area contributed by atoms with E-state index < -0.39 is 17.4 Å². The maximum atomic E-state index is 11.6. The molecule has 0 aliphatic rings. The number of ether oxygens (including phenoxy) is 1. The number of nitrogens with two attached hydrogens (primary N) is 1. The minimum Gasteiger partial charge on any atom is -0.508 e. The average Bonchev–Trinajstić information content (AvgIpc) is 2.26. The summed E-state index contributed by atoms with van der Waals surface area (Å²) in [6.07, 6.45) is 0. The van der Waals surface area contributed by atoms with E-state index in [4.69, 9.17) is 5.73 Å². The third-order valence-electron chi connectivity index (χ3n) is 2.92. The molecule has 0 unspecified atom stereocenters. The van der Waals surface area contributed by atoms with Crippen molar-refractivity contribution in [3.63, 3.8) is 0 Å². The summed E-state index contributed by atoms with van der Waals surface area (Å²) in [5, 5.41) is 28.6. The first-order valence-electron chi connectivity index (χ1n) is 5.30. The molecule has 0 aromatic heterocycles. The van der Waals surface area contributed by atoms with E-state index in [0.717, 1.165) is 12.1 Å². The molecular weight excluding hydrogens is 274 g/mol.